The van der Waals surface area contributed by atoms with E-state index in [-0.39, 0.29) is 23.5 Å². The topological polar surface area (TPSA) is 50.3 Å². The van der Waals surface area contributed by atoms with Crippen LogP contribution in [0.1, 0.15) is 31.2 Å². The van der Waals surface area contributed by atoms with Crippen molar-refractivity contribution >= 4 is 11.8 Å². The van der Waals surface area contributed by atoms with Gasteiger partial charge in [-0.15, -0.1) is 0 Å². The van der Waals surface area contributed by atoms with E-state index >= 15 is 0 Å². The van der Waals surface area contributed by atoms with Gasteiger partial charge in [-0.1, -0.05) is 30.3 Å². The molecule has 0 aromatic heterocycles. The zero-order valence-electron chi connectivity index (χ0n) is 19.6. The molecular weight excluding hydrogens is 402 g/mol. The van der Waals surface area contributed by atoms with E-state index in [0.717, 1.165) is 71.5 Å². The number of hydrogen-bond acceptors (Lipinski definition) is 5. The van der Waals surface area contributed by atoms with Gasteiger partial charge in [0.1, 0.15) is 11.7 Å². The second-order valence-electron chi connectivity index (χ2n) is 10.3. The number of likely N-dealkylation sites (tertiary alicyclic amines) is 2. The largest absolute Gasteiger partial charge is 0.342 e. The lowest BCUT2D eigenvalue weighted by molar-refractivity contribution is -0.144. The molecule has 2 amide bonds. The van der Waals surface area contributed by atoms with Crippen molar-refractivity contribution in [3.63, 3.8) is 0 Å². The molecule has 4 fully saturated rings. The number of hydrogen-bond donors (Lipinski definition) is 0. The van der Waals surface area contributed by atoms with Crippen molar-refractivity contribution in [1.82, 2.24) is 24.5 Å². The van der Waals surface area contributed by atoms with Crippen LogP contribution in [0, 0.1) is 5.92 Å². The SMILES string of the molecule is CN1CCC(C(=O)N2CCC3(CC2)N(Cc2ccccc2)C(=O)[C@H]2CN(C)CCN23)CC1. The minimum absolute atomic E-state index is 0.0615. The van der Waals surface area contributed by atoms with Crippen molar-refractivity contribution in [3.8, 4) is 0 Å². The highest BCUT2D eigenvalue weighted by Crippen LogP contribution is 2.42. The molecule has 0 N–H and O–H groups in total. The van der Waals surface area contributed by atoms with E-state index in [1.807, 2.05) is 18.2 Å². The van der Waals surface area contributed by atoms with Gasteiger partial charge in [0.05, 0.1) is 0 Å². The van der Waals surface area contributed by atoms with E-state index in [4.69, 9.17) is 0 Å². The Kier molecular flexibility index (Phi) is 5.99. The molecule has 1 atom stereocenters. The fourth-order valence-corrected chi connectivity index (χ4v) is 6.32. The van der Waals surface area contributed by atoms with E-state index in [0.29, 0.717) is 12.5 Å². The highest BCUT2D eigenvalue weighted by molar-refractivity contribution is 5.86. The van der Waals surface area contributed by atoms with Crippen molar-refractivity contribution in [3.05, 3.63) is 35.9 Å². The Labute approximate surface area is 191 Å². The van der Waals surface area contributed by atoms with Crippen LogP contribution in [-0.2, 0) is 16.1 Å². The van der Waals surface area contributed by atoms with E-state index in [1.165, 1.54) is 5.56 Å². The summed E-state index contributed by atoms with van der Waals surface area (Å²) in [7, 11) is 4.25. The fourth-order valence-electron chi connectivity index (χ4n) is 6.32. The Morgan fingerprint density at radius 3 is 2.31 bits per heavy atom. The van der Waals surface area contributed by atoms with Gasteiger partial charge in [-0.3, -0.25) is 14.5 Å². The molecule has 32 heavy (non-hydrogen) atoms. The van der Waals surface area contributed by atoms with Crippen LogP contribution in [0.25, 0.3) is 0 Å². The summed E-state index contributed by atoms with van der Waals surface area (Å²) in [6.07, 6.45) is 3.64. The number of benzene rings is 1. The molecular formula is C25H37N5O2. The molecule has 4 saturated heterocycles. The molecule has 7 heteroatoms. The fraction of sp³-hybridized carbons (Fsp3) is 0.680. The Hall–Kier alpha value is -1.96. The molecule has 4 aliphatic rings. The summed E-state index contributed by atoms with van der Waals surface area (Å²) < 4.78 is 0. The molecule has 1 aromatic rings. The third-order valence-corrected chi connectivity index (χ3v) is 8.30. The predicted molar refractivity (Wildman–Crippen MR) is 124 cm³/mol. The maximum Gasteiger partial charge on any atom is 0.243 e. The van der Waals surface area contributed by atoms with Crippen LogP contribution in [0.4, 0.5) is 0 Å². The first-order valence-electron chi connectivity index (χ1n) is 12.3. The van der Waals surface area contributed by atoms with Crippen molar-refractivity contribution < 1.29 is 9.59 Å². The number of rotatable bonds is 3. The number of carbonyl (C=O) groups excluding carboxylic acids is 2. The quantitative estimate of drug-likeness (QED) is 0.711. The maximum atomic E-state index is 13.6. The summed E-state index contributed by atoms with van der Waals surface area (Å²) in [5, 5.41) is 0. The van der Waals surface area contributed by atoms with Gasteiger partial charge in [-0.05, 0) is 45.6 Å². The van der Waals surface area contributed by atoms with Crippen LogP contribution in [0.3, 0.4) is 0 Å². The Bertz CT molecular complexity index is 830. The summed E-state index contributed by atoms with van der Waals surface area (Å²) in [5.74, 6) is 0.763. The third kappa shape index (κ3) is 3.84. The first kappa shape index (κ1) is 21.9. The lowest BCUT2D eigenvalue weighted by atomic mass is 9.90. The number of carbonyl (C=O) groups is 2. The Morgan fingerprint density at radius 2 is 1.62 bits per heavy atom. The van der Waals surface area contributed by atoms with Crippen LogP contribution in [0.5, 0.6) is 0 Å². The molecule has 1 aromatic carbocycles. The smallest absolute Gasteiger partial charge is 0.243 e. The van der Waals surface area contributed by atoms with Crippen molar-refractivity contribution in [2.45, 2.75) is 43.9 Å². The minimum atomic E-state index is -0.261. The number of nitrogens with zero attached hydrogens (tertiary/aromatic N) is 5. The van der Waals surface area contributed by atoms with Gasteiger partial charge in [0.15, 0.2) is 0 Å². The zero-order chi connectivity index (χ0) is 22.3. The van der Waals surface area contributed by atoms with Gasteiger partial charge in [0, 0.05) is 58.0 Å². The first-order valence-corrected chi connectivity index (χ1v) is 12.3. The van der Waals surface area contributed by atoms with E-state index in [9.17, 15) is 9.59 Å². The number of amides is 2. The molecule has 1 spiro atoms. The third-order valence-electron chi connectivity index (χ3n) is 8.30. The van der Waals surface area contributed by atoms with E-state index in [2.05, 4.69) is 50.7 Å². The normalized spacial score (nSPS) is 27.8. The lowest BCUT2D eigenvalue weighted by Crippen LogP contribution is -2.63. The summed E-state index contributed by atoms with van der Waals surface area (Å²) in [5.41, 5.74) is 0.917. The monoisotopic (exact) mass is 439 g/mol. The van der Waals surface area contributed by atoms with Gasteiger partial charge in [-0.25, -0.2) is 0 Å². The summed E-state index contributed by atoms with van der Waals surface area (Å²) in [4.78, 5) is 38.2. The molecule has 174 valence electrons. The standard InChI is InChI=1S/C25H37N5O2/c1-26-12-8-21(9-13-26)23(31)28-14-10-25(11-15-28)29-17-16-27(2)19-22(29)24(32)30(25)18-20-6-4-3-5-7-20/h3-7,21-22H,8-19H2,1-2H3/t22-/m1/s1. The zero-order valence-corrected chi connectivity index (χ0v) is 19.6. The van der Waals surface area contributed by atoms with Crippen LogP contribution in [0.15, 0.2) is 30.3 Å². The Balaban J connectivity index is 1.34. The highest BCUT2D eigenvalue weighted by atomic mass is 16.2. The highest BCUT2D eigenvalue weighted by Gasteiger charge is 2.58. The van der Waals surface area contributed by atoms with Crippen LogP contribution in [0.2, 0.25) is 0 Å². The summed E-state index contributed by atoms with van der Waals surface area (Å²) in [6, 6.07) is 10.3. The molecule has 7 nitrogen and oxygen atoms in total. The van der Waals surface area contributed by atoms with Gasteiger partial charge >= 0.3 is 0 Å². The summed E-state index contributed by atoms with van der Waals surface area (Å²) >= 11 is 0. The average molecular weight is 440 g/mol. The number of fused-ring (bicyclic) bond motifs is 2. The van der Waals surface area contributed by atoms with Crippen LogP contribution < -0.4 is 0 Å². The molecule has 0 bridgehead atoms. The van der Waals surface area contributed by atoms with Crippen LogP contribution in [-0.4, -0.2) is 108 Å². The summed E-state index contributed by atoms with van der Waals surface area (Å²) in [6.45, 7) is 6.88. The van der Waals surface area contributed by atoms with Crippen molar-refractivity contribution in [1.29, 1.82) is 0 Å². The van der Waals surface area contributed by atoms with E-state index in [1.54, 1.807) is 0 Å². The minimum Gasteiger partial charge on any atom is -0.342 e. The number of likely N-dealkylation sites (N-methyl/N-ethyl adjacent to an activating group) is 1. The van der Waals surface area contributed by atoms with Gasteiger partial charge < -0.3 is 19.6 Å². The molecule has 5 rings (SSSR count). The lowest BCUT2D eigenvalue weighted by Gasteiger charge is -2.51. The molecule has 0 radical (unpaired) electrons. The maximum absolute atomic E-state index is 13.6. The van der Waals surface area contributed by atoms with Gasteiger partial charge in [-0.2, -0.15) is 0 Å². The molecule has 4 aliphatic heterocycles. The number of piperazine rings is 1. The van der Waals surface area contributed by atoms with Crippen molar-refractivity contribution in [2.75, 3.05) is 59.9 Å². The van der Waals surface area contributed by atoms with Crippen molar-refractivity contribution in [2.24, 2.45) is 5.92 Å². The van der Waals surface area contributed by atoms with Gasteiger partial charge in [0.2, 0.25) is 11.8 Å². The second-order valence-corrected chi connectivity index (χ2v) is 10.3. The Morgan fingerprint density at radius 1 is 0.938 bits per heavy atom. The molecule has 4 heterocycles. The molecule has 0 unspecified atom stereocenters. The molecule has 0 saturated carbocycles. The second kappa shape index (κ2) is 8.76. The van der Waals surface area contributed by atoms with Gasteiger partial charge in [0.25, 0.3) is 0 Å². The predicted octanol–water partition coefficient (Wildman–Crippen LogP) is 1.31. The average Bonchev–Trinajstić information content (AvgIpc) is 3.02. The van der Waals surface area contributed by atoms with Crippen LogP contribution >= 0.6 is 0 Å². The molecule has 0 aliphatic carbocycles. The van der Waals surface area contributed by atoms with E-state index < -0.39 is 0 Å². The number of piperidine rings is 2. The first-order chi connectivity index (χ1) is 15.5.